The summed E-state index contributed by atoms with van der Waals surface area (Å²) in [5.74, 6) is 0. The molecule has 3 nitrogen and oxygen atoms in total. The van der Waals surface area contributed by atoms with Gasteiger partial charge in [0.05, 0.1) is 22.6 Å². The lowest BCUT2D eigenvalue weighted by Gasteiger charge is -2.09. The highest BCUT2D eigenvalue weighted by Crippen LogP contribution is 2.20. The summed E-state index contributed by atoms with van der Waals surface area (Å²) < 4.78 is 1.85. The van der Waals surface area contributed by atoms with Gasteiger partial charge in [0.1, 0.15) is 0 Å². The van der Waals surface area contributed by atoms with Gasteiger partial charge in [-0.1, -0.05) is 12.1 Å². The highest BCUT2D eigenvalue weighted by Gasteiger charge is 2.13. The van der Waals surface area contributed by atoms with Gasteiger partial charge >= 0.3 is 0 Å². The normalized spacial score (nSPS) is 10.6. The summed E-state index contributed by atoms with van der Waals surface area (Å²) in [6.45, 7) is 7.88. The lowest BCUT2D eigenvalue weighted by atomic mass is 10.1. The minimum Gasteiger partial charge on any atom is -0.298 e. The Labute approximate surface area is 101 Å². The number of aryl methyl sites for hydroxylation is 3. The summed E-state index contributed by atoms with van der Waals surface area (Å²) in [6, 6.07) is 6.23. The number of hydrogen-bond acceptors (Lipinski definition) is 2. The zero-order chi connectivity index (χ0) is 12.6. The molecule has 0 saturated carbocycles. The van der Waals surface area contributed by atoms with Gasteiger partial charge in [-0.3, -0.25) is 4.79 Å². The van der Waals surface area contributed by atoms with Crippen molar-refractivity contribution < 1.29 is 4.79 Å². The maximum absolute atomic E-state index is 11.0. The Balaban J connectivity index is 2.68. The summed E-state index contributed by atoms with van der Waals surface area (Å²) in [4.78, 5) is 11.0. The summed E-state index contributed by atoms with van der Waals surface area (Å²) in [5.41, 5.74) is 5.73. The molecule has 0 fully saturated rings. The van der Waals surface area contributed by atoms with Crippen LogP contribution in [0, 0.1) is 27.7 Å². The molecule has 0 bridgehead atoms. The first-order chi connectivity index (χ1) is 8.04. The monoisotopic (exact) mass is 228 g/mol. The van der Waals surface area contributed by atoms with Gasteiger partial charge in [-0.05, 0) is 44.9 Å². The number of aldehydes is 1. The van der Waals surface area contributed by atoms with Gasteiger partial charge in [0.2, 0.25) is 0 Å². The Kier molecular flexibility index (Phi) is 2.84. The van der Waals surface area contributed by atoms with Crippen molar-refractivity contribution >= 4 is 6.29 Å². The Bertz CT molecular complexity index is 582. The van der Waals surface area contributed by atoms with Gasteiger partial charge in [0, 0.05) is 0 Å². The van der Waals surface area contributed by atoms with Crippen molar-refractivity contribution in [2.45, 2.75) is 27.7 Å². The van der Waals surface area contributed by atoms with Gasteiger partial charge in [0.25, 0.3) is 0 Å². The third-order valence-electron chi connectivity index (χ3n) is 3.06. The van der Waals surface area contributed by atoms with Crippen LogP contribution in [0.4, 0.5) is 0 Å². The van der Waals surface area contributed by atoms with E-state index in [2.05, 4.69) is 30.2 Å². The number of rotatable bonds is 2. The smallest absolute Gasteiger partial charge is 0.153 e. The van der Waals surface area contributed by atoms with Crippen LogP contribution in [0.5, 0.6) is 0 Å². The van der Waals surface area contributed by atoms with Crippen LogP contribution in [0.15, 0.2) is 18.2 Å². The second-order valence-electron chi connectivity index (χ2n) is 4.40. The average molecular weight is 228 g/mol. The molecule has 0 saturated heterocycles. The van der Waals surface area contributed by atoms with Crippen LogP contribution in [0.25, 0.3) is 5.69 Å². The molecule has 0 spiro atoms. The first kappa shape index (κ1) is 11.6. The standard InChI is InChI=1S/C14H16N2O/c1-9-5-6-10(2)14(7-9)16-12(4)13(8-17)11(3)15-16/h5-8H,1-4H3. The molecule has 2 aromatic rings. The van der Waals surface area contributed by atoms with E-state index in [0.29, 0.717) is 5.56 Å². The zero-order valence-electron chi connectivity index (χ0n) is 10.6. The lowest BCUT2D eigenvalue weighted by Crippen LogP contribution is -2.02. The van der Waals surface area contributed by atoms with Crippen molar-refractivity contribution in [2.75, 3.05) is 0 Å². The average Bonchev–Trinajstić information content (AvgIpc) is 2.57. The van der Waals surface area contributed by atoms with Crippen molar-refractivity contribution in [3.05, 3.63) is 46.3 Å². The molecule has 0 aliphatic carbocycles. The van der Waals surface area contributed by atoms with Crippen LogP contribution in [0.2, 0.25) is 0 Å². The van der Waals surface area contributed by atoms with Gasteiger partial charge in [-0.25, -0.2) is 4.68 Å². The van der Waals surface area contributed by atoms with Gasteiger partial charge in [-0.15, -0.1) is 0 Å². The molecule has 88 valence electrons. The Hall–Kier alpha value is -1.90. The molecule has 17 heavy (non-hydrogen) atoms. The van der Waals surface area contributed by atoms with Crippen LogP contribution in [0.3, 0.4) is 0 Å². The topological polar surface area (TPSA) is 34.9 Å². The van der Waals surface area contributed by atoms with E-state index in [1.54, 1.807) is 0 Å². The molecule has 2 rings (SSSR count). The second kappa shape index (κ2) is 4.17. The maximum atomic E-state index is 11.0. The van der Waals surface area contributed by atoms with E-state index in [0.717, 1.165) is 28.9 Å². The van der Waals surface area contributed by atoms with Gasteiger partial charge in [0.15, 0.2) is 6.29 Å². The fourth-order valence-corrected chi connectivity index (χ4v) is 2.01. The van der Waals surface area contributed by atoms with Crippen molar-refractivity contribution in [1.29, 1.82) is 0 Å². The first-order valence-corrected chi connectivity index (χ1v) is 5.63. The number of hydrogen-bond donors (Lipinski definition) is 0. The van der Waals surface area contributed by atoms with Crippen molar-refractivity contribution in [3.8, 4) is 5.69 Å². The van der Waals surface area contributed by atoms with E-state index in [1.165, 1.54) is 5.56 Å². The third-order valence-corrected chi connectivity index (χ3v) is 3.06. The van der Waals surface area contributed by atoms with Crippen molar-refractivity contribution in [1.82, 2.24) is 9.78 Å². The van der Waals surface area contributed by atoms with Gasteiger partial charge < -0.3 is 0 Å². The number of aromatic nitrogens is 2. The summed E-state index contributed by atoms with van der Waals surface area (Å²) in [6.07, 6.45) is 0.874. The first-order valence-electron chi connectivity index (χ1n) is 5.63. The highest BCUT2D eigenvalue weighted by atomic mass is 16.1. The minimum absolute atomic E-state index is 0.686. The van der Waals surface area contributed by atoms with Crippen LogP contribution in [-0.4, -0.2) is 16.1 Å². The van der Waals surface area contributed by atoms with E-state index < -0.39 is 0 Å². The number of carbonyl (C=O) groups excluding carboxylic acids is 1. The van der Waals surface area contributed by atoms with E-state index in [-0.39, 0.29) is 0 Å². The maximum Gasteiger partial charge on any atom is 0.153 e. The third kappa shape index (κ3) is 1.88. The summed E-state index contributed by atoms with van der Waals surface area (Å²) >= 11 is 0. The van der Waals surface area contributed by atoms with E-state index in [1.807, 2.05) is 25.5 Å². The van der Waals surface area contributed by atoms with E-state index in [9.17, 15) is 4.79 Å². The highest BCUT2D eigenvalue weighted by molar-refractivity contribution is 5.78. The quantitative estimate of drug-likeness (QED) is 0.741. The largest absolute Gasteiger partial charge is 0.298 e. The zero-order valence-corrected chi connectivity index (χ0v) is 10.6. The molecular weight excluding hydrogens is 212 g/mol. The van der Waals surface area contributed by atoms with Crippen molar-refractivity contribution in [3.63, 3.8) is 0 Å². The number of carbonyl (C=O) groups is 1. The minimum atomic E-state index is 0.686. The molecule has 0 radical (unpaired) electrons. The number of benzene rings is 1. The van der Waals surface area contributed by atoms with Crippen LogP contribution >= 0.6 is 0 Å². The van der Waals surface area contributed by atoms with Crippen LogP contribution in [0.1, 0.15) is 32.9 Å². The molecular formula is C14H16N2O. The lowest BCUT2D eigenvalue weighted by molar-refractivity contribution is 0.112. The predicted octanol–water partition coefficient (Wildman–Crippen LogP) is 2.92. The predicted molar refractivity (Wildman–Crippen MR) is 67.9 cm³/mol. The molecule has 1 aromatic heterocycles. The fraction of sp³-hybridized carbons (Fsp3) is 0.286. The van der Waals surface area contributed by atoms with Crippen LogP contribution in [-0.2, 0) is 0 Å². The number of nitrogens with zero attached hydrogens (tertiary/aromatic N) is 2. The molecule has 3 heteroatoms. The molecule has 0 atom stereocenters. The van der Waals surface area contributed by atoms with Crippen molar-refractivity contribution in [2.24, 2.45) is 0 Å². The summed E-state index contributed by atoms with van der Waals surface area (Å²) in [5, 5.41) is 4.44. The Morgan fingerprint density at radius 2 is 1.88 bits per heavy atom. The molecule has 1 heterocycles. The van der Waals surface area contributed by atoms with E-state index in [4.69, 9.17) is 0 Å². The summed E-state index contributed by atoms with van der Waals surface area (Å²) in [7, 11) is 0. The Morgan fingerprint density at radius 1 is 1.18 bits per heavy atom. The fourth-order valence-electron chi connectivity index (χ4n) is 2.01. The second-order valence-corrected chi connectivity index (χ2v) is 4.40. The SMILES string of the molecule is Cc1ccc(C)c(-n2nc(C)c(C=O)c2C)c1. The molecule has 0 aliphatic rings. The molecule has 0 amide bonds. The van der Waals surface area contributed by atoms with E-state index >= 15 is 0 Å². The molecule has 0 N–H and O–H groups in total. The van der Waals surface area contributed by atoms with Gasteiger partial charge in [-0.2, -0.15) is 5.10 Å². The van der Waals surface area contributed by atoms with Crippen LogP contribution < -0.4 is 0 Å². The molecule has 1 aromatic carbocycles. The Morgan fingerprint density at radius 3 is 2.47 bits per heavy atom. The molecule has 0 unspecified atom stereocenters. The molecule has 0 aliphatic heterocycles.